The standard InChI is InChI=1S/C14H21ClN2O3/c1-9(5-4-6-16)14(18)17-11-7-10(15)12(19-2)8-13(11)20-3/h7-9H,4-6,16H2,1-3H3,(H,17,18). The zero-order valence-corrected chi connectivity index (χ0v) is 12.8. The SMILES string of the molecule is COc1cc(OC)c(NC(=O)C(C)CCCN)cc1Cl. The van der Waals surface area contributed by atoms with Crippen molar-refractivity contribution in [2.24, 2.45) is 11.7 Å². The van der Waals surface area contributed by atoms with Gasteiger partial charge in [-0.3, -0.25) is 4.79 Å². The molecule has 20 heavy (non-hydrogen) atoms. The minimum absolute atomic E-state index is 0.0852. The Hall–Kier alpha value is -1.46. The van der Waals surface area contributed by atoms with Crippen molar-refractivity contribution in [2.45, 2.75) is 19.8 Å². The first kappa shape index (κ1) is 16.6. The summed E-state index contributed by atoms with van der Waals surface area (Å²) >= 11 is 6.06. The van der Waals surface area contributed by atoms with E-state index in [1.807, 2.05) is 6.92 Å². The molecule has 1 rings (SSSR count). The molecule has 1 unspecified atom stereocenters. The van der Waals surface area contributed by atoms with Crippen LogP contribution in [0.4, 0.5) is 5.69 Å². The van der Waals surface area contributed by atoms with Gasteiger partial charge < -0.3 is 20.5 Å². The Morgan fingerprint density at radius 1 is 1.35 bits per heavy atom. The van der Waals surface area contributed by atoms with Gasteiger partial charge >= 0.3 is 0 Å². The van der Waals surface area contributed by atoms with Crippen molar-refractivity contribution in [3.05, 3.63) is 17.2 Å². The summed E-state index contributed by atoms with van der Waals surface area (Å²) in [7, 11) is 3.05. The molecule has 112 valence electrons. The van der Waals surface area contributed by atoms with Crippen LogP contribution in [0, 0.1) is 5.92 Å². The number of ether oxygens (including phenoxy) is 2. The lowest BCUT2D eigenvalue weighted by atomic mass is 10.0. The molecule has 0 saturated heterocycles. The summed E-state index contributed by atoms with van der Waals surface area (Å²) in [5, 5.41) is 3.23. The first-order valence-electron chi connectivity index (χ1n) is 6.46. The van der Waals surface area contributed by atoms with E-state index in [0.717, 1.165) is 12.8 Å². The number of nitrogens with one attached hydrogen (secondary N) is 1. The number of amides is 1. The van der Waals surface area contributed by atoms with Crippen LogP contribution in [-0.2, 0) is 4.79 Å². The number of hydrogen-bond donors (Lipinski definition) is 2. The molecule has 0 bridgehead atoms. The van der Waals surface area contributed by atoms with E-state index in [2.05, 4.69) is 5.32 Å². The van der Waals surface area contributed by atoms with E-state index in [0.29, 0.717) is 28.8 Å². The average Bonchev–Trinajstić information content (AvgIpc) is 2.44. The highest BCUT2D eigenvalue weighted by molar-refractivity contribution is 6.32. The summed E-state index contributed by atoms with van der Waals surface area (Å²) < 4.78 is 10.3. The second kappa shape index (κ2) is 7.97. The van der Waals surface area contributed by atoms with Crippen LogP contribution in [0.1, 0.15) is 19.8 Å². The van der Waals surface area contributed by atoms with Gasteiger partial charge in [-0.1, -0.05) is 18.5 Å². The molecule has 1 aromatic carbocycles. The Morgan fingerprint density at radius 3 is 2.55 bits per heavy atom. The number of halogens is 1. The van der Waals surface area contributed by atoms with Crippen molar-refractivity contribution < 1.29 is 14.3 Å². The average molecular weight is 301 g/mol. The molecule has 1 atom stereocenters. The topological polar surface area (TPSA) is 73.6 Å². The second-order valence-electron chi connectivity index (χ2n) is 4.51. The largest absolute Gasteiger partial charge is 0.495 e. The Bertz CT molecular complexity index is 466. The Morgan fingerprint density at radius 2 is 2.00 bits per heavy atom. The van der Waals surface area contributed by atoms with Gasteiger partial charge in [-0.25, -0.2) is 0 Å². The molecule has 0 heterocycles. The fourth-order valence-electron chi connectivity index (χ4n) is 1.77. The van der Waals surface area contributed by atoms with Gasteiger partial charge in [0.25, 0.3) is 0 Å². The van der Waals surface area contributed by atoms with E-state index in [1.54, 1.807) is 12.1 Å². The molecule has 0 aliphatic heterocycles. The Balaban J connectivity index is 2.86. The van der Waals surface area contributed by atoms with Crippen LogP contribution < -0.4 is 20.5 Å². The predicted octanol–water partition coefficient (Wildman–Crippen LogP) is 2.67. The number of anilines is 1. The molecule has 0 aliphatic rings. The molecule has 0 aromatic heterocycles. The molecule has 6 heteroatoms. The number of benzene rings is 1. The van der Waals surface area contributed by atoms with Crippen LogP contribution in [-0.4, -0.2) is 26.7 Å². The third-order valence-electron chi connectivity index (χ3n) is 3.02. The lowest BCUT2D eigenvalue weighted by Gasteiger charge is -2.15. The van der Waals surface area contributed by atoms with Crippen molar-refractivity contribution >= 4 is 23.2 Å². The van der Waals surface area contributed by atoms with Crippen LogP contribution in [0.2, 0.25) is 5.02 Å². The van der Waals surface area contributed by atoms with Crippen LogP contribution in [0.3, 0.4) is 0 Å². The van der Waals surface area contributed by atoms with Crippen LogP contribution in [0.5, 0.6) is 11.5 Å². The van der Waals surface area contributed by atoms with Crippen molar-refractivity contribution in [1.82, 2.24) is 0 Å². The van der Waals surface area contributed by atoms with E-state index >= 15 is 0 Å². The fourth-order valence-corrected chi connectivity index (χ4v) is 2.01. The van der Waals surface area contributed by atoms with Gasteiger partial charge in [-0.2, -0.15) is 0 Å². The van der Waals surface area contributed by atoms with Gasteiger partial charge in [0.15, 0.2) is 0 Å². The van der Waals surface area contributed by atoms with Gasteiger partial charge in [-0.05, 0) is 25.5 Å². The van der Waals surface area contributed by atoms with Gasteiger partial charge in [0, 0.05) is 12.0 Å². The zero-order valence-electron chi connectivity index (χ0n) is 12.0. The molecular weight excluding hydrogens is 280 g/mol. The summed E-state index contributed by atoms with van der Waals surface area (Å²) in [6.45, 7) is 2.44. The Labute approximate surface area is 124 Å². The summed E-state index contributed by atoms with van der Waals surface area (Å²) in [6.07, 6.45) is 1.56. The van der Waals surface area contributed by atoms with Crippen molar-refractivity contribution in [2.75, 3.05) is 26.1 Å². The molecule has 0 radical (unpaired) electrons. The molecule has 3 N–H and O–H groups in total. The zero-order chi connectivity index (χ0) is 15.1. The van der Waals surface area contributed by atoms with Crippen molar-refractivity contribution in [3.63, 3.8) is 0 Å². The normalized spacial score (nSPS) is 11.8. The summed E-state index contributed by atoms with van der Waals surface area (Å²) in [4.78, 5) is 12.1. The number of carbonyl (C=O) groups excluding carboxylic acids is 1. The third-order valence-corrected chi connectivity index (χ3v) is 3.32. The summed E-state index contributed by atoms with van der Waals surface area (Å²) in [5.41, 5.74) is 5.97. The maximum atomic E-state index is 12.1. The third kappa shape index (κ3) is 4.28. The number of rotatable bonds is 7. The highest BCUT2D eigenvalue weighted by atomic mass is 35.5. The first-order chi connectivity index (χ1) is 9.53. The van der Waals surface area contributed by atoms with Crippen molar-refractivity contribution in [1.29, 1.82) is 0 Å². The monoisotopic (exact) mass is 300 g/mol. The molecule has 5 nitrogen and oxygen atoms in total. The van der Waals surface area contributed by atoms with Gasteiger partial charge in [0.05, 0.1) is 24.9 Å². The number of methoxy groups -OCH3 is 2. The van der Waals surface area contributed by atoms with E-state index in [9.17, 15) is 4.79 Å². The molecule has 0 aliphatic carbocycles. The molecule has 0 saturated carbocycles. The maximum Gasteiger partial charge on any atom is 0.227 e. The van der Waals surface area contributed by atoms with E-state index in [-0.39, 0.29) is 11.8 Å². The van der Waals surface area contributed by atoms with E-state index in [4.69, 9.17) is 26.8 Å². The highest BCUT2D eigenvalue weighted by Crippen LogP contribution is 2.36. The summed E-state index contributed by atoms with van der Waals surface area (Å²) in [6, 6.07) is 3.26. The molecule has 0 fully saturated rings. The number of nitrogens with two attached hydrogens (primary N) is 1. The van der Waals surface area contributed by atoms with E-state index in [1.165, 1.54) is 14.2 Å². The molecule has 1 aromatic rings. The first-order valence-corrected chi connectivity index (χ1v) is 6.83. The molecule has 1 amide bonds. The minimum atomic E-state index is -0.121. The van der Waals surface area contributed by atoms with Crippen molar-refractivity contribution in [3.8, 4) is 11.5 Å². The van der Waals surface area contributed by atoms with Gasteiger partial charge in [0.2, 0.25) is 5.91 Å². The minimum Gasteiger partial charge on any atom is -0.495 e. The lowest BCUT2D eigenvalue weighted by molar-refractivity contribution is -0.119. The van der Waals surface area contributed by atoms with E-state index < -0.39 is 0 Å². The van der Waals surface area contributed by atoms with Gasteiger partial charge in [-0.15, -0.1) is 0 Å². The highest BCUT2D eigenvalue weighted by Gasteiger charge is 2.16. The predicted molar refractivity (Wildman–Crippen MR) is 80.6 cm³/mol. The van der Waals surface area contributed by atoms with Crippen LogP contribution in [0.25, 0.3) is 0 Å². The lowest BCUT2D eigenvalue weighted by Crippen LogP contribution is -2.21. The number of hydrogen-bond acceptors (Lipinski definition) is 4. The second-order valence-corrected chi connectivity index (χ2v) is 4.92. The van der Waals surface area contributed by atoms with Crippen LogP contribution in [0.15, 0.2) is 12.1 Å². The smallest absolute Gasteiger partial charge is 0.227 e. The van der Waals surface area contributed by atoms with Gasteiger partial charge in [0.1, 0.15) is 11.5 Å². The molecular formula is C14H21ClN2O3. The quantitative estimate of drug-likeness (QED) is 0.812. The maximum absolute atomic E-state index is 12.1. The Kier molecular flexibility index (Phi) is 6.61. The van der Waals surface area contributed by atoms with Crippen LogP contribution >= 0.6 is 11.6 Å². The summed E-state index contributed by atoms with van der Waals surface area (Å²) in [5.74, 6) is 0.797. The number of carbonyl (C=O) groups is 1. The fraction of sp³-hybridized carbons (Fsp3) is 0.500. The molecule has 0 spiro atoms.